The Morgan fingerprint density at radius 3 is 2.54 bits per heavy atom. The SMILES string of the molecule is COc1ccc(Cl)cc1CN1CCN(C(=O)c2cc3ccccc3n2C)CC1. The summed E-state index contributed by atoms with van der Waals surface area (Å²) in [5.41, 5.74) is 2.90. The summed E-state index contributed by atoms with van der Waals surface area (Å²) in [6.07, 6.45) is 0. The number of piperazine rings is 1. The Hall–Kier alpha value is -2.50. The number of carbonyl (C=O) groups is 1. The zero-order chi connectivity index (χ0) is 19.7. The molecule has 5 nitrogen and oxygen atoms in total. The smallest absolute Gasteiger partial charge is 0.270 e. The second-order valence-electron chi connectivity index (χ2n) is 7.17. The molecule has 6 heteroatoms. The number of hydrogen-bond donors (Lipinski definition) is 0. The number of aromatic nitrogens is 1. The van der Waals surface area contributed by atoms with Gasteiger partial charge in [-0.25, -0.2) is 0 Å². The highest BCUT2D eigenvalue weighted by Crippen LogP contribution is 2.25. The number of carbonyl (C=O) groups excluding carboxylic acids is 1. The van der Waals surface area contributed by atoms with Gasteiger partial charge in [0.1, 0.15) is 11.4 Å². The van der Waals surface area contributed by atoms with Crippen LogP contribution in [-0.4, -0.2) is 53.6 Å². The Labute approximate surface area is 170 Å². The van der Waals surface area contributed by atoms with E-state index >= 15 is 0 Å². The Balaban J connectivity index is 1.43. The third kappa shape index (κ3) is 3.60. The number of halogens is 1. The minimum atomic E-state index is 0.0960. The summed E-state index contributed by atoms with van der Waals surface area (Å²) in [5.74, 6) is 0.942. The number of hydrogen-bond acceptors (Lipinski definition) is 3. The molecule has 28 heavy (non-hydrogen) atoms. The van der Waals surface area contributed by atoms with Crippen LogP contribution in [0.5, 0.6) is 5.75 Å². The number of aryl methyl sites for hydroxylation is 1. The maximum Gasteiger partial charge on any atom is 0.270 e. The van der Waals surface area contributed by atoms with Gasteiger partial charge in [-0.1, -0.05) is 29.8 Å². The molecule has 0 spiro atoms. The van der Waals surface area contributed by atoms with Crippen molar-refractivity contribution in [2.45, 2.75) is 6.54 Å². The van der Waals surface area contributed by atoms with Gasteiger partial charge in [0.2, 0.25) is 0 Å². The van der Waals surface area contributed by atoms with Crippen LogP contribution in [0, 0.1) is 0 Å². The first-order valence-electron chi connectivity index (χ1n) is 9.45. The molecule has 0 aliphatic carbocycles. The number of ether oxygens (including phenoxy) is 1. The van der Waals surface area contributed by atoms with Gasteiger partial charge in [0.15, 0.2) is 0 Å². The molecular formula is C22H24ClN3O2. The highest BCUT2D eigenvalue weighted by molar-refractivity contribution is 6.30. The van der Waals surface area contributed by atoms with Crippen molar-refractivity contribution in [2.75, 3.05) is 33.3 Å². The summed E-state index contributed by atoms with van der Waals surface area (Å²) >= 11 is 6.14. The molecule has 0 unspecified atom stereocenters. The highest BCUT2D eigenvalue weighted by atomic mass is 35.5. The number of methoxy groups -OCH3 is 1. The molecule has 0 N–H and O–H groups in total. The van der Waals surface area contributed by atoms with Crippen molar-refractivity contribution in [1.29, 1.82) is 0 Å². The van der Waals surface area contributed by atoms with E-state index in [1.54, 1.807) is 7.11 Å². The first-order chi connectivity index (χ1) is 13.6. The van der Waals surface area contributed by atoms with Crippen LogP contribution >= 0.6 is 11.6 Å². The molecule has 1 amide bonds. The van der Waals surface area contributed by atoms with Gasteiger partial charge < -0.3 is 14.2 Å². The fourth-order valence-electron chi connectivity index (χ4n) is 3.88. The van der Waals surface area contributed by atoms with Crippen molar-refractivity contribution in [2.24, 2.45) is 7.05 Å². The van der Waals surface area contributed by atoms with E-state index in [0.29, 0.717) is 18.1 Å². The molecule has 0 atom stereocenters. The average molecular weight is 398 g/mol. The molecule has 4 rings (SSSR count). The van der Waals surface area contributed by atoms with Gasteiger partial charge in [-0.05, 0) is 30.3 Å². The van der Waals surface area contributed by atoms with E-state index in [1.165, 1.54) is 0 Å². The molecule has 1 aromatic heterocycles. The van der Waals surface area contributed by atoms with Gasteiger partial charge in [0, 0.05) is 61.3 Å². The Kier molecular flexibility index (Phi) is 5.29. The molecule has 0 saturated carbocycles. The largest absolute Gasteiger partial charge is 0.496 e. The summed E-state index contributed by atoms with van der Waals surface area (Å²) in [6.45, 7) is 3.84. The molecule has 1 saturated heterocycles. The number of rotatable bonds is 4. The lowest BCUT2D eigenvalue weighted by atomic mass is 10.1. The maximum atomic E-state index is 13.0. The molecule has 3 aromatic rings. The van der Waals surface area contributed by atoms with E-state index in [2.05, 4.69) is 4.90 Å². The summed E-state index contributed by atoms with van der Waals surface area (Å²) in [6, 6.07) is 15.8. The first kappa shape index (κ1) is 18.8. The number of nitrogens with zero attached hydrogens (tertiary/aromatic N) is 3. The summed E-state index contributed by atoms with van der Waals surface area (Å²) < 4.78 is 7.44. The molecule has 1 aliphatic heterocycles. The van der Waals surface area contributed by atoms with Crippen LogP contribution in [0.25, 0.3) is 10.9 Å². The van der Waals surface area contributed by atoms with Crippen LogP contribution in [0.2, 0.25) is 5.02 Å². The number of benzene rings is 2. The van der Waals surface area contributed by atoms with Crippen LogP contribution in [0.1, 0.15) is 16.1 Å². The Morgan fingerprint density at radius 1 is 1.07 bits per heavy atom. The summed E-state index contributed by atoms with van der Waals surface area (Å²) in [7, 11) is 3.63. The zero-order valence-corrected chi connectivity index (χ0v) is 16.9. The van der Waals surface area contributed by atoms with E-state index in [-0.39, 0.29) is 5.91 Å². The predicted molar refractivity (Wildman–Crippen MR) is 112 cm³/mol. The fourth-order valence-corrected chi connectivity index (χ4v) is 4.07. The molecule has 1 fully saturated rings. The zero-order valence-electron chi connectivity index (χ0n) is 16.2. The van der Waals surface area contributed by atoms with Crippen molar-refractivity contribution < 1.29 is 9.53 Å². The van der Waals surface area contributed by atoms with Crippen molar-refractivity contribution in [3.05, 3.63) is 64.8 Å². The number of fused-ring (bicyclic) bond motifs is 1. The molecule has 0 bridgehead atoms. The second kappa shape index (κ2) is 7.86. The van der Waals surface area contributed by atoms with Crippen LogP contribution in [-0.2, 0) is 13.6 Å². The highest BCUT2D eigenvalue weighted by Gasteiger charge is 2.25. The quantitative estimate of drug-likeness (QED) is 0.672. The lowest BCUT2D eigenvalue weighted by molar-refractivity contribution is 0.0618. The van der Waals surface area contributed by atoms with Crippen LogP contribution in [0.4, 0.5) is 0 Å². The molecule has 1 aliphatic rings. The van der Waals surface area contributed by atoms with Crippen molar-refractivity contribution in [1.82, 2.24) is 14.4 Å². The number of para-hydroxylation sites is 1. The van der Waals surface area contributed by atoms with Crippen molar-refractivity contribution in [3.63, 3.8) is 0 Å². The van der Waals surface area contributed by atoms with Gasteiger partial charge in [-0.2, -0.15) is 0 Å². The lowest BCUT2D eigenvalue weighted by Gasteiger charge is -2.35. The third-order valence-electron chi connectivity index (χ3n) is 5.47. The van der Waals surface area contributed by atoms with Gasteiger partial charge >= 0.3 is 0 Å². The number of amides is 1. The summed E-state index contributed by atoms with van der Waals surface area (Å²) in [5, 5.41) is 1.81. The normalized spacial score (nSPS) is 15.2. The van der Waals surface area contributed by atoms with Crippen molar-refractivity contribution in [3.8, 4) is 5.75 Å². The van der Waals surface area contributed by atoms with Gasteiger partial charge in [0.05, 0.1) is 7.11 Å². The van der Waals surface area contributed by atoms with Gasteiger partial charge in [-0.15, -0.1) is 0 Å². The van der Waals surface area contributed by atoms with E-state index in [4.69, 9.17) is 16.3 Å². The monoisotopic (exact) mass is 397 g/mol. The van der Waals surface area contributed by atoms with Crippen LogP contribution in [0.3, 0.4) is 0 Å². The van der Waals surface area contributed by atoms with Crippen LogP contribution < -0.4 is 4.74 Å². The summed E-state index contributed by atoms with van der Waals surface area (Å²) in [4.78, 5) is 17.3. The van der Waals surface area contributed by atoms with E-state index in [0.717, 1.165) is 47.5 Å². The molecule has 2 aromatic carbocycles. The molecular weight excluding hydrogens is 374 g/mol. The Bertz CT molecular complexity index is 1010. The standard InChI is InChI=1S/C22H24ClN3O2/c1-24-19-6-4-3-5-16(19)14-20(24)22(27)26-11-9-25(10-12-26)15-17-13-18(23)7-8-21(17)28-2/h3-8,13-14H,9-12,15H2,1-2H3. The first-order valence-corrected chi connectivity index (χ1v) is 9.83. The van der Waals surface area contributed by atoms with Gasteiger partial charge in [-0.3, -0.25) is 9.69 Å². The van der Waals surface area contributed by atoms with Gasteiger partial charge in [0.25, 0.3) is 5.91 Å². The van der Waals surface area contributed by atoms with Crippen LogP contribution in [0.15, 0.2) is 48.5 Å². The molecule has 2 heterocycles. The van der Waals surface area contributed by atoms with Crippen molar-refractivity contribution >= 4 is 28.4 Å². The van der Waals surface area contributed by atoms with E-state index in [9.17, 15) is 4.79 Å². The lowest BCUT2D eigenvalue weighted by Crippen LogP contribution is -2.48. The van der Waals surface area contributed by atoms with E-state index < -0.39 is 0 Å². The fraction of sp³-hybridized carbons (Fsp3) is 0.318. The van der Waals surface area contributed by atoms with E-state index in [1.807, 2.05) is 65.0 Å². The predicted octanol–water partition coefficient (Wildman–Crippen LogP) is 3.80. The topological polar surface area (TPSA) is 37.7 Å². The third-order valence-corrected chi connectivity index (χ3v) is 5.70. The second-order valence-corrected chi connectivity index (χ2v) is 7.61. The maximum absolute atomic E-state index is 13.0. The molecule has 146 valence electrons. The Morgan fingerprint density at radius 2 is 1.82 bits per heavy atom. The minimum Gasteiger partial charge on any atom is -0.496 e. The average Bonchev–Trinajstić information content (AvgIpc) is 3.05. The minimum absolute atomic E-state index is 0.0960. The molecule has 0 radical (unpaired) electrons.